The van der Waals surface area contributed by atoms with Crippen LogP contribution in [0.5, 0.6) is 11.5 Å². The summed E-state index contributed by atoms with van der Waals surface area (Å²) >= 11 is 13.4. The second-order valence-electron chi connectivity index (χ2n) is 16.7. The monoisotopic (exact) mass is 928 g/mol. The SMILES string of the molecule is CO[C@]1(c2ccc(Cl)c(Cc3ccc(O[C@@H]4CCOC4)cc3)c2)O[C@H](CO[C@@]2(c3ccc(Cl)c(Cc4ccc(O[C@@H]5CCOC5)cc4)c3)O[C@H](CO)[C@@H](O)[C@H](O)[C@H]2O)[C@@H](O)[C@H](O)[C@H]1O. The third kappa shape index (κ3) is 9.67. The fourth-order valence-electron chi connectivity index (χ4n) is 8.70. The van der Waals surface area contributed by atoms with Crippen molar-refractivity contribution in [1.29, 1.82) is 0 Å². The summed E-state index contributed by atoms with van der Waals surface area (Å²) in [6, 6.07) is 24.6. The van der Waals surface area contributed by atoms with Gasteiger partial charge in [-0.1, -0.05) is 59.6 Å². The van der Waals surface area contributed by atoms with Gasteiger partial charge in [0.15, 0.2) is 0 Å². The van der Waals surface area contributed by atoms with Crippen LogP contribution in [0.4, 0.5) is 0 Å². The van der Waals surface area contributed by atoms with E-state index >= 15 is 0 Å². The predicted octanol–water partition coefficient (Wildman–Crippen LogP) is 3.13. The van der Waals surface area contributed by atoms with Gasteiger partial charge in [0.1, 0.15) is 72.5 Å². The van der Waals surface area contributed by atoms with Crippen molar-refractivity contribution < 1.29 is 73.6 Å². The lowest BCUT2D eigenvalue weighted by Crippen LogP contribution is -2.67. The Morgan fingerprint density at radius 1 is 0.594 bits per heavy atom. The van der Waals surface area contributed by atoms with Gasteiger partial charge in [-0.2, -0.15) is 0 Å². The van der Waals surface area contributed by atoms with Gasteiger partial charge in [-0.05, 0) is 83.6 Å². The molecule has 7 N–H and O–H groups in total. The third-order valence-electron chi connectivity index (χ3n) is 12.4. The van der Waals surface area contributed by atoms with E-state index in [1.54, 1.807) is 30.3 Å². The molecule has 4 aromatic rings. The van der Waals surface area contributed by atoms with Gasteiger partial charge in [-0.3, -0.25) is 0 Å². The molecule has 0 aliphatic carbocycles. The highest BCUT2D eigenvalue weighted by Crippen LogP contribution is 2.44. The Hall–Kier alpha value is -3.46. The molecule has 15 nitrogen and oxygen atoms in total. The van der Waals surface area contributed by atoms with E-state index in [1.165, 1.54) is 13.2 Å². The maximum atomic E-state index is 11.8. The number of methoxy groups -OCH3 is 1. The molecule has 0 aromatic heterocycles. The van der Waals surface area contributed by atoms with E-state index in [0.29, 0.717) is 71.9 Å². The van der Waals surface area contributed by atoms with Gasteiger partial charge < -0.3 is 73.6 Å². The molecule has 4 saturated heterocycles. The molecule has 4 aliphatic heterocycles. The van der Waals surface area contributed by atoms with E-state index in [0.717, 1.165) is 24.0 Å². The molecule has 64 heavy (non-hydrogen) atoms. The summed E-state index contributed by atoms with van der Waals surface area (Å²) in [5.74, 6) is -3.00. The molecule has 4 fully saturated rings. The van der Waals surface area contributed by atoms with Crippen molar-refractivity contribution in [1.82, 2.24) is 0 Å². The Morgan fingerprint density at radius 2 is 1.05 bits per heavy atom. The Bertz CT molecular complexity index is 2170. The molecule has 0 unspecified atom stereocenters. The Kier molecular flexibility index (Phi) is 14.8. The summed E-state index contributed by atoms with van der Waals surface area (Å²) in [6.45, 7) is 0.960. The highest BCUT2D eigenvalue weighted by Gasteiger charge is 2.59. The van der Waals surface area contributed by atoms with Crippen molar-refractivity contribution in [3.63, 3.8) is 0 Å². The van der Waals surface area contributed by atoms with Gasteiger partial charge in [-0.25, -0.2) is 0 Å². The first kappa shape index (κ1) is 47.0. The number of hydrogen-bond donors (Lipinski definition) is 7. The molecule has 346 valence electrons. The highest BCUT2D eigenvalue weighted by molar-refractivity contribution is 6.31. The average Bonchev–Trinajstić information content (AvgIpc) is 4.03. The van der Waals surface area contributed by atoms with E-state index in [2.05, 4.69) is 0 Å². The van der Waals surface area contributed by atoms with Gasteiger partial charge >= 0.3 is 0 Å². The topological polar surface area (TPSA) is 215 Å². The van der Waals surface area contributed by atoms with Crippen LogP contribution in [0.15, 0.2) is 84.9 Å². The number of rotatable bonds is 15. The molecule has 8 rings (SSSR count). The molecule has 12 atom stereocenters. The molecule has 0 radical (unpaired) electrons. The first-order chi connectivity index (χ1) is 30.8. The number of halogens is 2. The minimum absolute atomic E-state index is 0.00152. The molecular formula is C47H54Cl2O15. The van der Waals surface area contributed by atoms with Crippen LogP contribution in [0.1, 0.15) is 46.2 Å². The van der Waals surface area contributed by atoms with Crippen LogP contribution in [0, 0.1) is 0 Å². The fraction of sp³-hybridized carbons (Fsp3) is 0.489. The highest BCUT2D eigenvalue weighted by atomic mass is 35.5. The van der Waals surface area contributed by atoms with E-state index in [1.807, 2.05) is 48.5 Å². The summed E-state index contributed by atoms with van der Waals surface area (Å²) in [4.78, 5) is 0. The van der Waals surface area contributed by atoms with Crippen LogP contribution in [0.25, 0.3) is 0 Å². The number of ether oxygens (including phenoxy) is 8. The Balaban J connectivity index is 1.05. The molecule has 0 spiro atoms. The molecular weight excluding hydrogens is 875 g/mol. The Labute approximate surface area is 380 Å². The zero-order valence-corrected chi connectivity index (χ0v) is 36.6. The first-order valence-corrected chi connectivity index (χ1v) is 22.1. The van der Waals surface area contributed by atoms with E-state index in [9.17, 15) is 35.7 Å². The second-order valence-corrected chi connectivity index (χ2v) is 17.5. The minimum Gasteiger partial charge on any atom is -0.488 e. The van der Waals surface area contributed by atoms with Gasteiger partial charge in [0.05, 0.1) is 39.6 Å². The van der Waals surface area contributed by atoms with Crippen LogP contribution >= 0.6 is 23.2 Å². The van der Waals surface area contributed by atoms with Crippen molar-refractivity contribution >= 4 is 23.2 Å². The zero-order chi connectivity index (χ0) is 45.2. The van der Waals surface area contributed by atoms with Crippen molar-refractivity contribution in [2.75, 3.05) is 46.8 Å². The summed E-state index contributed by atoms with van der Waals surface area (Å²) < 4.78 is 47.7. The number of aliphatic hydroxyl groups is 7. The van der Waals surface area contributed by atoms with Crippen LogP contribution in [-0.4, -0.2) is 144 Å². The molecule has 4 aliphatic rings. The van der Waals surface area contributed by atoms with Gasteiger partial charge in [-0.15, -0.1) is 0 Å². The predicted molar refractivity (Wildman–Crippen MR) is 230 cm³/mol. The number of aliphatic hydroxyl groups excluding tert-OH is 7. The van der Waals surface area contributed by atoms with Crippen molar-refractivity contribution in [3.05, 3.63) is 128 Å². The number of hydrogen-bond acceptors (Lipinski definition) is 15. The van der Waals surface area contributed by atoms with E-state index in [4.69, 9.17) is 61.1 Å². The maximum Gasteiger partial charge on any atom is 0.225 e. The zero-order valence-electron chi connectivity index (χ0n) is 35.1. The lowest BCUT2D eigenvalue weighted by atomic mass is 9.86. The summed E-state index contributed by atoms with van der Waals surface area (Å²) in [7, 11) is 1.27. The lowest BCUT2D eigenvalue weighted by Gasteiger charge is -2.51. The summed E-state index contributed by atoms with van der Waals surface area (Å²) in [5.41, 5.74) is 3.38. The molecule has 0 saturated carbocycles. The normalized spacial score (nSPS) is 33.0. The second kappa shape index (κ2) is 20.2. The van der Waals surface area contributed by atoms with E-state index < -0.39 is 73.6 Å². The number of benzene rings is 4. The molecule has 0 amide bonds. The van der Waals surface area contributed by atoms with Gasteiger partial charge in [0.2, 0.25) is 11.6 Å². The average molecular weight is 930 g/mol. The van der Waals surface area contributed by atoms with Gasteiger partial charge in [0, 0.05) is 41.1 Å². The molecule has 4 heterocycles. The third-order valence-corrected chi connectivity index (χ3v) is 13.1. The van der Waals surface area contributed by atoms with Gasteiger partial charge in [0.25, 0.3) is 0 Å². The smallest absolute Gasteiger partial charge is 0.225 e. The first-order valence-electron chi connectivity index (χ1n) is 21.3. The molecule has 17 heteroatoms. The quantitative estimate of drug-likeness (QED) is 0.0913. The fourth-order valence-corrected chi connectivity index (χ4v) is 9.07. The van der Waals surface area contributed by atoms with Crippen LogP contribution in [0.3, 0.4) is 0 Å². The van der Waals surface area contributed by atoms with Crippen LogP contribution < -0.4 is 9.47 Å². The van der Waals surface area contributed by atoms with Crippen molar-refractivity contribution in [3.8, 4) is 11.5 Å². The Morgan fingerprint density at radius 3 is 1.50 bits per heavy atom. The van der Waals surface area contributed by atoms with Crippen molar-refractivity contribution in [2.45, 2.75) is 98.3 Å². The summed E-state index contributed by atoms with van der Waals surface area (Å²) in [6.07, 6.45) is -11.7. The molecule has 0 bridgehead atoms. The standard InChI is InChI=1S/C47H54Cl2O15/c1-57-46(30-6-12-36(48)28(20-30)18-26-2-8-32(9-3-26)61-34-14-16-58-23-34)44(55)43(54)41(52)39(64-46)25-60-47(45(56)42(53)40(51)38(22-50)63-47)31-7-13-37(49)29(21-31)19-27-4-10-33(11-5-27)62-35-15-17-59-24-35/h2-13,20-21,34-35,38-45,50-56H,14-19,22-25H2,1H3/t34-,35-,38-,39-,40-,41-,42+,43+,44-,45-,46-,47+/m1/s1. The van der Waals surface area contributed by atoms with Crippen LogP contribution in [0.2, 0.25) is 10.0 Å². The summed E-state index contributed by atoms with van der Waals surface area (Å²) in [5, 5.41) is 79.1. The lowest BCUT2D eigenvalue weighted by molar-refractivity contribution is -0.400. The largest absolute Gasteiger partial charge is 0.488 e. The molecule has 4 aromatic carbocycles. The van der Waals surface area contributed by atoms with E-state index in [-0.39, 0.29) is 23.3 Å². The minimum atomic E-state index is -2.31. The van der Waals surface area contributed by atoms with Crippen molar-refractivity contribution in [2.24, 2.45) is 0 Å². The maximum absolute atomic E-state index is 11.8. The van der Waals surface area contributed by atoms with Crippen LogP contribution in [-0.2, 0) is 52.8 Å².